The van der Waals surface area contributed by atoms with Crippen LogP contribution in [0.1, 0.15) is 32.5 Å². The van der Waals surface area contributed by atoms with E-state index in [1.165, 1.54) is 5.69 Å². The van der Waals surface area contributed by atoms with Crippen LogP contribution in [0.25, 0.3) is 16.7 Å². The molecule has 3 heterocycles. The Labute approximate surface area is 165 Å². The van der Waals surface area contributed by atoms with Gasteiger partial charge in [0, 0.05) is 25.3 Å². The molecule has 8 heteroatoms. The summed E-state index contributed by atoms with van der Waals surface area (Å²) >= 11 is 0. The van der Waals surface area contributed by atoms with Crippen LogP contribution in [0.15, 0.2) is 18.2 Å². The van der Waals surface area contributed by atoms with Crippen molar-refractivity contribution >= 4 is 28.2 Å². The zero-order valence-electron chi connectivity index (χ0n) is 16.9. The second kappa shape index (κ2) is 7.89. The normalized spacial score (nSPS) is 20.2. The quantitative estimate of drug-likeness (QED) is 0.631. The van der Waals surface area contributed by atoms with E-state index in [1.807, 2.05) is 6.92 Å². The molecule has 1 fully saturated rings. The SMILES string of the molecule is Cc1nnc2c(NCCCCN)nc3cc(N4C[C@@H](C)O[C@@H](C)C4)ccc3n12. The highest BCUT2D eigenvalue weighted by molar-refractivity contribution is 5.85. The van der Waals surface area contributed by atoms with Crippen molar-refractivity contribution in [1.82, 2.24) is 19.6 Å². The van der Waals surface area contributed by atoms with Gasteiger partial charge in [0.25, 0.3) is 0 Å². The second-order valence-electron chi connectivity index (χ2n) is 7.62. The summed E-state index contributed by atoms with van der Waals surface area (Å²) in [5.41, 5.74) is 9.48. The van der Waals surface area contributed by atoms with Crippen LogP contribution >= 0.6 is 0 Å². The molecular formula is C20H29N7O. The van der Waals surface area contributed by atoms with Crippen LogP contribution in [0.5, 0.6) is 0 Å². The van der Waals surface area contributed by atoms with E-state index in [1.54, 1.807) is 0 Å². The molecule has 0 aliphatic carbocycles. The van der Waals surface area contributed by atoms with Crippen molar-refractivity contribution in [2.45, 2.75) is 45.8 Å². The van der Waals surface area contributed by atoms with Gasteiger partial charge in [-0.15, -0.1) is 10.2 Å². The third-order valence-corrected chi connectivity index (χ3v) is 5.18. The van der Waals surface area contributed by atoms with Crippen LogP contribution in [0.4, 0.5) is 11.5 Å². The lowest BCUT2D eigenvalue weighted by Crippen LogP contribution is -2.45. The molecule has 2 aromatic heterocycles. The third-order valence-electron chi connectivity index (χ3n) is 5.18. The molecule has 0 unspecified atom stereocenters. The summed E-state index contributed by atoms with van der Waals surface area (Å²) in [6.45, 7) is 9.49. The maximum atomic E-state index is 5.87. The number of nitrogens with zero attached hydrogens (tertiary/aromatic N) is 5. The lowest BCUT2D eigenvalue weighted by Gasteiger charge is -2.36. The van der Waals surface area contributed by atoms with Crippen molar-refractivity contribution in [3.63, 3.8) is 0 Å². The fraction of sp³-hybridized carbons (Fsp3) is 0.550. The number of ether oxygens (including phenoxy) is 1. The molecule has 0 saturated carbocycles. The smallest absolute Gasteiger partial charge is 0.204 e. The summed E-state index contributed by atoms with van der Waals surface area (Å²) in [5, 5.41) is 12.0. The van der Waals surface area contributed by atoms with Gasteiger partial charge in [0.2, 0.25) is 5.65 Å². The monoisotopic (exact) mass is 383 g/mol. The van der Waals surface area contributed by atoms with Crippen LogP contribution in [0, 0.1) is 6.92 Å². The highest BCUT2D eigenvalue weighted by Gasteiger charge is 2.23. The number of aromatic nitrogens is 4. The summed E-state index contributed by atoms with van der Waals surface area (Å²) in [4.78, 5) is 7.26. The molecule has 8 nitrogen and oxygen atoms in total. The molecule has 0 amide bonds. The Morgan fingerprint density at radius 2 is 1.96 bits per heavy atom. The Morgan fingerprint density at radius 3 is 2.71 bits per heavy atom. The minimum Gasteiger partial charge on any atom is -0.372 e. The number of aryl methyl sites for hydroxylation is 1. The summed E-state index contributed by atoms with van der Waals surface area (Å²) in [7, 11) is 0. The zero-order chi connectivity index (χ0) is 19.7. The summed E-state index contributed by atoms with van der Waals surface area (Å²) in [6, 6.07) is 6.43. The first-order valence-corrected chi connectivity index (χ1v) is 10.1. The fourth-order valence-corrected chi connectivity index (χ4v) is 3.95. The average molecular weight is 384 g/mol. The summed E-state index contributed by atoms with van der Waals surface area (Å²) in [6.07, 6.45) is 2.42. The fourth-order valence-electron chi connectivity index (χ4n) is 3.95. The molecule has 28 heavy (non-hydrogen) atoms. The van der Waals surface area contributed by atoms with Crippen molar-refractivity contribution in [2.24, 2.45) is 5.73 Å². The third kappa shape index (κ3) is 3.62. The molecule has 0 radical (unpaired) electrons. The van der Waals surface area contributed by atoms with Crippen LogP contribution in [-0.2, 0) is 4.74 Å². The first-order valence-electron chi connectivity index (χ1n) is 10.1. The van der Waals surface area contributed by atoms with Gasteiger partial charge in [0.1, 0.15) is 5.82 Å². The van der Waals surface area contributed by atoms with Crippen LogP contribution in [0.3, 0.4) is 0 Å². The minimum atomic E-state index is 0.217. The molecule has 3 aromatic rings. The molecule has 1 aromatic carbocycles. The van der Waals surface area contributed by atoms with Gasteiger partial charge < -0.3 is 20.7 Å². The molecule has 4 rings (SSSR count). The van der Waals surface area contributed by atoms with Crippen molar-refractivity contribution in [3.05, 3.63) is 24.0 Å². The van der Waals surface area contributed by atoms with Gasteiger partial charge in [0.15, 0.2) is 5.82 Å². The number of morpholine rings is 1. The van der Waals surface area contributed by atoms with Crippen LogP contribution in [-0.4, -0.2) is 58.0 Å². The van der Waals surface area contributed by atoms with Gasteiger partial charge in [-0.25, -0.2) is 4.98 Å². The maximum absolute atomic E-state index is 5.87. The van der Waals surface area contributed by atoms with Gasteiger partial charge in [-0.3, -0.25) is 4.40 Å². The number of nitrogens with two attached hydrogens (primary N) is 1. The molecular weight excluding hydrogens is 354 g/mol. The molecule has 0 bridgehead atoms. The van der Waals surface area contributed by atoms with E-state index < -0.39 is 0 Å². The number of hydrogen-bond acceptors (Lipinski definition) is 7. The van der Waals surface area contributed by atoms with Gasteiger partial charge in [-0.1, -0.05) is 0 Å². The van der Waals surface area contributed by atoms with Crippen molar-refractivity contribution < 1.29 is 4.74 Å². The Morgan fingerprint density at radius 1 is 1.18 bits per heavy atom. The van der Waals surface area contributed by atoms with Gasteiger partial charge in [-0.05, 0) is 58.4 Å². The average Bonchev–Trinajstić information content (AvgIpc) is 3.06. The van der Waals surface area contributed by atoms with Crippen molar-refractivity contribution in [2.75, 3.05) is 36.4 Å². The Balaban J connectivity index is 1.73. The minimum absolute atomic E-state index is 0.217. The zero-order valence-corrected chi connectivity index (χ0v) is 16.9. The Hall–Kier alpha value is -2.45. The number of nitrogens with one attached hydrogen (secondary N) is 1. The van der Waals surface area contributed by atoms with E-state index in [4.69, 9.17) is 15.5 Å². The van der Waals surface area contributed by atoms with Gasteiger partial charge in [-0.2, -0.15) is 0 Å². The van der Waals surface area contributed by atoms with Gasteiger partial charge in [0.05, 0.1) is 23.2 Å². The van der Waals surface area contributed by atoms with E-state index in [9.17, 15) is 0 Å². The number of anilines is 2. The van der Waals surface area contributed by atoms with Crippen LogP contribution < -0.4 is 16.0 Å². The van der Waals surface area contributed by atoms with Crippen molar-refractivity contribution in [3.8, 4) is 0 Å². The standard InChI is InChI=1S/C20H29N7O/c1-13-11-26(12-14(2)28-13)16-6-7-18-17(10-16)23-19(22-9-5-4-8-21)20-25-24-15(3)27(18)20/h6-7,10,13-14H,4-5,8-9,11-12,21H2,1-3H3,(H,22,23)/t13-,14+. The molecule has 1 aliphatic heterocycles. The van der Waals surface area contributed by atoms with Crippen molar-refractivity contribution in [1.29, 1.82) is 0 Å². The predicted molar refractivity (Wildman–Crippen MR) is 112 cm³/mol. The Bertz CT molecular complexity index is 960. The molecule has 3 N–H and O–H groups in total. The molecule has 1 aliphatic rings. The van der Waals surface area contributed by atoms with E-state index in [-0.39, 0.29) is 12.2 Å². The van der Waals surface area contributed by atoms with Crippen LogP contribution in [0.2, 0.25) is 0 Å². The van der Waals surface area contributed by atoms with E-state index >= 15 is 0 Å². The van der Waals surface area contributed by atoms with E-state index in [0.717, 1.165) is 60.8 Å². The highest BCUT2D eigenvalue weighted by atomic mass is 16.5. The first kappa shape index (κ1) is 18.9. The van der Waals surface area contributed by atoms with Gasteiger partial charge >= 0.3 is 0 Å². The van der Waals surface area contributed by atoms with E-state index in [0.29, 0.717) is 6.54 Å². The molecule has 0 spiro atoms. The second-order valence-corrected chi connectivity index (χ2v) is 7.62. The number of fused-ring (bicyclic) bond motifs is 3. The molecule has 1 saturated heterocycles. The summed E-state index contributed by atoms with van der Waals surface area (Å²) < 4.78 is 7.95. The maximum Gasteiger partial charge on any atom is 0.204 e. The molecule has 2 atom stereocenters. The summed E-state index contributed by atoms with van der Waals surface area (Å²) in [5.74, 6) is 1.62. The lowest BCUT2D eigenvalue weighted by atomic mass is 10.2. The number of benzene rings is 1. The Kier molecular flexibility index (Phi) is 5.32. The topological polar surface area (TPSA) is 93.6 Å². The number of hydrogen-bond donors (Lipinski definition) is 2. The largest absolute Gasteiger partial charge is 0.372 e. The lowest BCUT2D eigenvalue weighted by molar-refractivity contribution is -0.00521. The first-order chi connectivity index (χ1) is 13.6. The number of unbranched alkanes of at least 4 members (excludes halogenated alkanes) is 1. The van der Waals surface area contributed by atoms with E-state index in [2.05, 4.69) is 56.9 Å². The highest BCUT2D eigenvalue weighted by Crippen LogP contribution is 2.27. The predicted octanol–water partition coefficient (Wildman–Crippen LogP) is 2.35. The molecule has 150 valence electrons. The number of rotatable bonds is 6.